The SMILES string of the molecule is CCO/C(C)=N/C(=O)NC. The molecule has 0 bridgehead atoms. The summed E-state index contributed by atoms with van der Waals surface area (Å²) in [6.07, 6.45) is 0. The van der Waals surface area contributed by atoms with Gasteiger partial charge in [0.25, 0.3) is 0 Å². The van der Waals surface area contributed by atoms with Gasteiger partial charge in [0, 0.05) is 14.0 Å². The molecule has 0 saturated heterocycles. The maximum atomic E-state index is 10.5. The zero-order valence-electron chi connectivity index (χ0n) is 6.47. The summed E-state index contributed by atoms with van der Waals surface area (Å²) in [5, 5.41) is 2.35. The Kier molecular flexibility index (Phi) is 4.28. The van der Waals surface area contributed by atoms with Gasteiger partial charge in [0.05, 0.1) is 6.61 Å². The molecule has 0 unspecified atom stereocenters. The second kappa shape index (κ2) is 4.78. The Labute approximate surface area is 60.3 Å². The van der Waals surface area contributed by atoms with Crippen LogP contribution < -0.4 is 5.32 Å². The number of urea groups is 1. The van der Waals surface area contributed by atoms with Crippen LogP contribution in [-0.2, 0) is 4.74 Å². The second-order valence-corrected chi connectivity index (χ2v) is 1.62. The molecule has 0 saturated carbocycles. The first-order valence-corrected chi connectivity index (χ1v) is 3.10. The molecule has 4 nitrogen and oxygen atoms in total. The van der Waals surface area contributed by atoms with Gasteiger partial charge in [0.1, 0.15) is 0 Å². The van der Waals surface area contributed by atoms with E-state index in [1.807, 2.05) is 6.92 Å². The minimum Gasteiger partial charge on any atom is -0.481 e. The molecule has 0 aromatic heterocycles. The maximum absolute atomic E-state index is 10.5. The van der Waals surface area contributed by atoms with Crippen LogP contribution in [-0.4, -0.2) is 25.6 Å². The molecule has 58 valence electrons. The molecule has 2 amide bonds. The highest BCUT2D eigenvalue weighted by atomic mass is 16.5. The average Bonchev–Trinajstić information content (AvgIpc) is 1.88. The van der Waals surface area contributed by atoms with E-state index in [9.17, 15) is 4.79 Å². The number of ether oxygens (including phenoxy) is 1. The van der Waals surface area contributed by atoms with Crippen molar-refractivity contribution in [1.29, 1.82) is 0 Å². The predicted octanol–water partition coefficient (Wildman–Crippen LogP) is 0.781. The monoisotopic (exact) mass is 144 g/mol. The van der Waals surface area contributed by atoms with Crippen molar-refractivity contribution in [1.82, 2.24) is 5.32 Å². The summed E-state index contributed by atoms with van der Waals surface area (Å²) in [5.41, 5.74) is 0. The third-order valence-corrected chi connectivity index (χ3v) is 0.826. The highest BCUT2D eigenvalue weighted by molar-refractivity contribution is 5.89. The van der Waals surface area contributed by atoms with Crippen LogP contribution in [0.4, 0.5) is 4.79 Å². The summed E-state index contributed by atoms with van der Waals surface area (Å²) < 4.78 is 4.90. The van der Waals surface area contributed by atoms with E-state index in [4.69, 9.17) is 4.74 Å². The zero-order valence-corrected chi connectivity index (χ0v) is 6.47. The molecule has 0 fully saturated rings. The normalized spacial score (nSPS) is 10.9. The molecule has 0 atom stereocenters. The van der Waals surface area contributed by atoms with Gasteiger partial charge in [-0.1, -0.05) is 0 Å². The van der Waals surface area contributed by atoms with E-state index in [1.165, 1.54) is 7.05 Å². The zero-order chi connectivity index (χ0) is 7.98. The number of hydrogen-bond acceptors (Lipinski definition) is 2. The number of nitrogens with one attached hydrogen (secondary N) is 1. The number of carbonyl (C=O) groups excluding carboxylic acids is 1. The Morgan fingerprint density at radius 2 is 2.30 bits per heavy atom. The molecule has 0 rings (SSSR count). The van der Waals surface area contributed by atoms with Gasteiger partial charge in [0.15, 0.2) is 5.90 Å². The van der Waals surface area contributed by atoms with Gasteiger partial charge < -0.3 is 10.1 Å². The van der Waals surface area contributed by atoms with Gasteiger partial charge in [-0.3, -0.25) is 0 Å². The van der Waals surface area contributed by atoms with Crippen LogP contribution in [0.15, 0.2) is 4.99 Å². The minimum absolute atomic E-state index is 0.383. The van der Waals surface area contributed by atoms with Crippen LogP contribution in [0.1, 0.15) is 13.8 Å². The third-order valence-electron chi connectivity index (χ3n) is 0.826. The molecule has 4 heteroatoms. The standard InChI is InChI=1S/C6H12N2O2/c1-4-10-5(2)8-6(9)7-3/h4H2,1-3H3,(H,7,9)/b8-5+. The summed E-state index contributed by atoms with van der Waals surface area (Å²) in [5.74, 6) is 0.391. The molecular formula is C6H12N2O2. The molecule has 0 aliphatic heterocycles. The Hall–Kier alpha value is -1.06. The summed E-state index contributed by atoms with van der Waals surface area (Å²) in [6, 6.07) is -0.383. The molecule has 0 aromatic carbocycles. The Morgan fingerprint density at radius 3 is 2.70 bits per heavy atom. The van der Waals surface area contributed by atoms with Crippen molar-refractivity contribution in [2.24, 2.45) is 4.99 Å². The van der Waals surface area contributed by atoms with Gasteiger partial charge >= 0.3 is 6.03 Å². The lowest BCUT2D eigenvalue weighted by atomic mass is 10.7. The molecule has 10 heavy (non-hydrogen) atoms. The number of rotatable bonds is 1. The quantitative estimate of drug-likeness (QED) is 0.436. The van der Waals surface area contributed by atoms with Gasteiger partial charge in [-0.25, -0.2) is 4.79 Å². The van der Waals surface area contributed by atoms with E-state index in [0.717, 1.165) is 0 Å². The number of hydrogen-bond donors (Lipinski definition) is 1. The fourth-order valence-corrected chi connectivity index (χ4v) is 0.440. The van der Waals surface area contributed by atoms with Crippen LogP contribution >= 0.6 is 0 Å². The van der Waals surface area contributed by atoms with Crippen LogP contribution in [0.25, 0.3) is 0 Å². The highest BCUT2D eigenvalue weighted by Gasteiger charge is 1.93. The smallest absolute Gasteiger partial charge is 0.343 e. The van der Waals surface area contributed by atoms with Gasteiger partial charge in [-0.2, -0.15) is 4.99 Å². The third kappa shape index (κ3) is 3.88. The summed E-state index contributed by atoms with van der Waals surface area (Å²) in [7, 11) is 1.52. The fourth-order valence-electron chi connectivity index (χ4n) is 0.440. The number of nitrogens with zero attached hydrogens (tertiary/aromatic N) is 1. The van der Waals surface area contributed by atoms with Gasteiger partial charge in [0.2, 0.25) is 0 Å². The van der Waals surface area contributed by atoms with E-state index in [-0.39, 0.29) is 6.03 Å². The molecular weight excluding hydrogens is 132 g/mol. The molecule has 0 aliphatic carbocycles. The van der Waals surface area contributed by atoms with Crippen LogP contribution in [0.2, 0.25) is 0 Å². The first-order valence-electron chi connectivity index (χ1n) is 3.10. The van der Waals surface area contributed by atoms with E-state index in [0.29, 0.717) is 12.5 Å². The van der Waals surface area contributed by atoms with E-state index in [2.05, 4.69) is 10.3 Å². The topological polar surface area (TPSA) is 50.7 Å². The Bertz CT molecular complexity index is 143. The lowest BCUT2D eigenvalue weighted by Gasteiger charge is -1.98. The van der Waals surface area contributed by atoms with Gasteiger partial charge in [-0.15, -0.1) is 0 Å². The van der Waals surface area contributed by atoms with Crippen LogP contribution in [0, 0.1) is 0 Å². The lowest BCUT2D eigenvalue weighted by Crippen LogP contribution is -2.15. The summed E-state index contributed by atoms with van der Waals surface area (Å²) >= 11 is 0. The van der Waals surface area contributed by atoms with Crippen molar-refractivity contribution in [2.45, 2.75) is 13.8 Å². The second-order valence-electron chi connectivity index (χ2n) is 1.62. The van der Waals surface area contributed by atoms with Crippen LogP contribution in [0.5, 0.6) is 0 Å². The molecule has 0 heterocycles. The van der Waals surface area contributed by atoms with E-state index in [1.54, 1.807) is 6.92 Å². The van der Waals surface area contributed by atoms with Crippen molar-refractivity contribution in [3.8, 4) is 0 Å². The molecule has 0 aromatic rings. The maximum Gasteiger partial charge on any atom is 0.343 e. The van der Waals surface area contributed by atoms with Crippen molar-refractivity contribution in [3.63, 3.8) is 0 Å². The minimum atomic E-state index is -0.383. The average molecular weight is 144 g/mol. The Morgan fingerprint density at radius 1 is 1.70 bits per heavy atom. The van der Waals surface area contributed by atoms with Crippen molar-refractivity contribution in [3.05, 3.63) is 0 Å². The summed E-state index contributed by atoms with van der Waals surface area (Å²) in [4.78, 5) is 14.0. The predicted molar refractivity (Wildman–Crippen MR) is 39.2 cm³/mol. The largest absolute Gasteiger partial charge is 0.481 e. The molecule has 1 N–H and O–H groups in total. The number of aliphatic imine (C=N–C) groups is 1. The lowest BCUT2D eigenvalue weighted by molar-refractivity contribution is 0.249. The van der Waals surface area contributed by atoms with Crippen LogP contribution in [0.3, 0.4) is 0 Å². The fraction of sp³-hybridized carbons (Fsp3) is 0.667. The molecule has 0 aliphatic rings. The van der Waals surface area contributed by atoms with Crippen molar-refractivity contribution >= 4 is 11.9 Å². The van der Waals surface area contributed by atoms with E-state index >= 15 is 0 Å². The highest BCUT2D eigenvalue weighted by Crippen LogP contribution is 1.81. The first kappa shape index (κ1) is 8.94. The number of carbonyl (C=O) groups is 1. The summed E-state index contributed by atoms with van der Waals surface area (Å²) in [6.45, 7) is 4.01. The first-order chi connectivity index (χ1) is 4.70. The van der Waals surface area contributed by atoms with Crippen molar-refractivity contribution in [2.75, 3.05) is 13.7 Å². The van der Waals surface area contributed by atoms with E-state index < -0.39 is 0 Å². The number of amides is 2. The van der Waals surface area contributed by atoms with Crippen molar-refractivity contribution < 1.29 is 9.53 Å². The van der Waals surface area contributed by atoms with Gasteiger partial charge in [-0.05, 0) is 6.92 Å². The molecule has 0 radical (unpaired) electrons. The Balaban J connectivity index is 3.77. The molecule has 0 spiro atoms.